The largest absolute Gasteiger partial charge is 0.340 e. The molecule has 1 heterocycles. The molecule has 1 amide bonds. The highest BCUT2D eigenvalue weighted by Gasteiger charge is 2.23. The fraction of sp³-hybridized carbons (Fsp3) is 0.292. The second-order valence-corrected chi connectivity index (χ2v) is 9.97. The molecule has 0 saturated carbocycles. The van der Waals surface area contributed by atoms with Gasteiger partial charge < -0.3 is 4.90 Å². The molecule has 0 unspecified atom stereocenters. The van der Waals surface area contributed by atoms with E-state index >= 15 is 0 Å². The van der Waals surface area contributed by atoms with Crippen molar-refractivity contribution in [2.45, 2.75) is 17.9 Å². The van der Waals surface area contributed by atoms with E-state index in [1.54, 1.807) is 35.2 Å². The van der Waals surface area contributed by atoms with Crippen molar-refractivity contribution in [1.29, 1.82) is 0 Å². The number of sulfone groups is 1. The number of halogens is 1. The maximum absolute atomic E-state index is 13.0. The number of piperazine rings is 1. The molecule has 5 nitrogen and oxygen atoms in total. The Hall–Kier alpha value is -2.77. The van der Waals surface area contributed by atoms with E-state index in [1.807, 2.05) is 24.3 Å². The van der Waals surface area contributed by atoms with Crippen molar-refractivity contribution < 1.29 is 17.6 Å². The quantitative estimate of drug-likeness (QED) is 0.589. The topological polar surface area (TPSA) is 57.7 Å². The van der Waals surface area contributed by atoms with Crippen LogP contribution in [-0.2, 0) is 21.2 Å². The molecule has 3 aromatic rings. The molecule has 0 aliphatic carbocycles. The van der Waals surface area contributed by atoms with Gasteiger partial charge in [0, 0.05) is 39.1 Å². The summed E-state index contributed by atoms with van der Waals surface area (Å²) in [4.78, 5) is 16.8. The number of amides is 1. The highest BCUT2D eigenvalue weighted by molar-refractivity contribution is 7.91. The maximum Gasteiger partial charge on any atom is 0.223 e. The molecule has 0 atom stereocenters. The summed E-state index contributed by atoms with van der Waals surface area (Å²) in [6.45, 7) is 3.26. The molecule has 1 fully saturated rings. The van der Waals surface area contributed by atoms with Crippen molar-refractivity contribution in [3.63, 3.8) is 0 Å². The average molecular weight is 441 g/mol. The first-order valence-electron chi connectivity index (χ1n) is 10.4. The number of fused-ring (bicyclic) bond motifs is 1. The zero-order valence-corrected chi connectivity index (χ0v) is 18.0. The predicted octanol–water partition coefficient (Wildman–Crippen LogP) is 3.49. The lowest BCUT2D eigenvalue weighted by Crippen LogP contribution is -2.48. The standard InChI is InChI=1S/C24H25FN2O3S/c25-22-8-5-19(6-9-22)18-26-12-14-27(15-13-26)24(28)11-16-31(29,30)23-10-7-20-3-1-2-4-21(20)17-23/h1-10,17H,11-16,18H2. The lowest BCUT2D eigenvalue weighted by Gasteiger charge is -2.34. The van der Waals surface area contributed by atoms with Crippen LogP contribution in [0.2, 0.25) is 0 Å². The Bertz CT molecular complexity index is 1170. The van der Waals surface area contributed by atoms with E-state index in [1.165, 1.54) is 12.1 Å². The van der Waals surface area contributed by atoms with E-state index in [0.717, 1.165) is 16.3 Å². The number of carbonyl (C=O) groups is 1. The minimum atomic E-state index is -3.53. The highest BCUT2D eigenvalue weighted by atomic mass is 32.2. The summed E-state index contributed by atoms with van der Waals surface area (Å²) in [7, 11) is -3.53. The molecule has 4 rings (SSSR count). The molecule has 0 spiro atoms. The van der Waals surface area contributed by atoms with E-state index in [-0.39, 0.29) is 28.8 Å². The Morgan fingerprint density at radius 2 is 1.55 bits per heavy atom. The molecule has 162 valence electrons. The molecule has 1 saturated heterocycles. The molecule has 0 bridgehead atoms. The first-order chi connectivity index (χ1) is 14.9. The van der Waals surface area contributed by atoms with Crippen molar-refractivity contribution in [3.8, 4) is 0 Å². The molecular formula is C24H25FN2O3S. The Morgan fingerprint density at radius 3 is 2.26 bits per heavy atom. The molecule has 7 heteroatoms. The van der Waals surface area contributed by atoms with Gasteiger partial charge in [0.25, 0.3) is 0 Å². The summed E-state index contributed by atoms with van der Waals surface area (Å²) >= 11 is 0. The molecular weight excluding hydrogens is 415 g/mol. The van der Waals surface area contributed by atoms with Crippen molar-refractivity contribution in [1.82, 2.24) is 9.80 Å². The van der Waals surface area contributed by atoms with Crippen LogP contribution < -0.4 is 0 Å². The van der Waals surface area contributed by atoms with Crippen LogP contribution in [0.15, 0.2) is 71.6 Å². The monoisotopic (exact) mass is 440 g/mol. The van der Waals surface area contributed by atoms with Crippen LogP contribution in [0.5, 0.6) is 0 Å². The van der Waals surface area contributed by atoms with Gasteiger partial charge in [-0.15, -0.1) is 0 Å². The Labute approximate surface area is 182 Å². The number of hydrogen-bond donors (Lipinski definition) is 0. The normalized spacial score (nSPS) is 15.3. The Balaban J connectivity index is 1.29. The molecule has 1 aliphatic rings. The molecule has 0 N–H and O–H groups in total. The maximum atomic E-state index is 13.0. The summed E-state index contributed by atoms with van der Waals surface area (Å²) in [5.74, 6) is -0.580. The molecule has 0 aromatic heterocycles. The fourth-order valence-electron chi connectivity index (χ4n) is 3.86. The van der Waals surface area contributed by atoms with Crippen molar-refractivity contribution in [2.24, 2.45) is 0 Å². The predicted molar refractivity (Wildman–Crippen MR) is 119 cm³/mol. The SMILES string of the molecule is O=C(CCS(=O)(=O)c1ccc2ccccc2c1)N1CCN(Cc2ccc(F)cc2)CC1. The van der Waals surface area contributed by atoms with E-state index in [0.29, 0.717) is 32.7 Å². The van der Waals surface area contributed by atoms with Crippen molar-refractivity contribution in [2.75, 3.05) is 31.9 Å². The van der Waals surface area contributed by atoms with Crippen LogP contribution in [0.4, 0.5) is 4.39 Å². The van der Waals surface area contributed by atoms with Gasteiger partial charge in [-0.2, -0.15) is 0 Å². The number of carbonyl (C=O) groups excluding carboxylic acids is 1. The summed E-state index contributed by atoms with van der Waals surface area (Å²) in [6.07, 6.45) is -0.0207. The van der Waals surface area contributed by atoms with Gasteiger partial charge in [-0.3, -0.25) is 9.69 Å². The first-order valence-corrected chi connectivity index (χ1v) is 12.0. The smallest absolute Gasteiger partial charge is 0.223 e. The Kier molecular flexibility index (Phi) is 6.34. The fourth-order valence-corrected chi connectivity index (χ4v) is 5.12. The average Bonchev–Trinajstić information content (AvgIpc) is 2.79. The second-order valence-electron chi connectivity index (χ2n) is 7.86. The van der Waals surface area contributed by atoms with Crippen molar-refractivity contribution >= 4 is 26.5 Å². The third kappa shape index (κ3) is 5.29. The number of benzene rings is 3. The lowest BCUT2D eigenvalue weighted by atomic mass is 10.1. The van der Waals surface area contributed by atoms with Gasteiger partial charge in [0.2, 0.25) is 5.91 Å². The van der Waals surface area contributed by atoms with Crippen LogP contribution in [0, 0.1) is 5.82 Å². The summed E-state index contributed by atoms with van der Waals surface area (Å²) in [5.41, 5.74) is 1.03. The van der Waals surface area contributed by atoms with Gasteiger partial charge in [-0.25, -0.2) is 12.8 Å². The van der Waals surface area contributed by atoms with Gasteiger partial charge in [0.05, 0.1) is 10.6 Å². The summed E-state index contributed by atoms with van der Waals surface area (Å²) in [5, 5.41) is 1.85. The Morgan fingerprint density at radius 1 is 0.871 bits per heavy atom. The van der Waals surface area contributed by atoms with Crippen LogP contribution >= 0.6 is 0 Å². The van der Waals surface area contributed by atoms with Gasteiger partial charge in [0.1, 0.15) is 5.82 Å². The van der Waals surface area contributed by atoms with E-state index in [2.05, 4.69) is 4.90 Å². The molecule has 31 heavy (non-hydrogen) atoms. The van der Waals surface area contributed by atoms with Crippen LogP contribution in [0.3, 0.4) is 0 Å². The minimum absolute atomic E-state index is 0.0207. The zero-order valence-electron chi connectivity index (χ0n) is 17.2. The summed E-state index contributed by atoms with van der Waals surface area (Å²) in [6, 6.07) is 19.1. The minimum Gasteiger partial charge on any atom is -0.340 e. The molecule has 3 aromatic carbocycles. The van der Waals surface area contributed by atoms with Crippen molar-refractivity contribution in [3.05, 3.63) is 78.1 Å². The third-order valence-electron chi connectivity index (χ3n) is 5.71. The van der Waals surface area contributed by atoms with Gasteiger partial charge in [-0.1, -0.05) is 42.5 Å². The van der Waals surface area contributed by atoms with E-state index < -0.39 is 9.84 Å². The number of rotatable bonds is 6. The number of hydrogen-bond acceptors (Lipinski definition) is 4. The second kappa shape index (κ2) is 9.16. The van der Waals surface area contributed by atoms with Crippen LogP contribution in [0.1, 0.15) is 12.0 Å². The van der Waals surface area contributed by atoms with E-state index in [4.69, 9.17) is 0 Å². The van der Waals surface area contributed by atoms with Gasteiger partial charge in [-0.05, 0) is 40.6 Å². The number of nitrogens with zero attached hydrogens (tertiary/aromatic N) is 2. The summed E-state index contributed by atoms with van der Waals surface area (Å²) < 4.78 is 38.5. The van der Waals surface area contributed by atoms with Crippen LogP contribution in [-0.4, -0.2) is 56.1 Å². The third-order valence-corrected chi connectivity index (χ3v) is 7.42. The highest BCUT2D eigenvalue weighted by Crippen LogP contribution is 2.20. The molecule has 1 aliphatic heterocycles. The first kappa shape index (κ1) is 21.5. The molecule has 0 radical (unpaired) electrons. The van der Waals surface area contributed by atoms with E-state index in [9.17, 15) is 17.6 Å². The lowest BCUT2D eigenvalue weighted by molar-refractivity contribution is -0.132. The van der Waals surface area contributed by atoms with Gasteiger partial charge in [0.15, 0.2) is 9.84 Å². The van der Waals surface area contributed by atoms with Crippen LogP contribution in [0.25, 0.3) is 10.8 Å². The van der Waals surface area contributed by atoms with Gasteiger partial charge >= 0.3 is 0 Å². The zero-order chi connectivity index (χ0) is 21.8.